The molecule has 1 saturated heterocycles. The van der Waals surface area contributed by atoms with Crippen molar-refractivity contribution in [1.82, 2.24) is 10.6 Å². The maximum absolute atomic E-state index is 11.9. The van der Waals surface area contributed by atoms with Gasteiger partial charge in [-0.3, -0.25) is 9.59 Å². The fourth-order valence-corrected chi connectivity index (χ4v) is 2.90. The van der Waals surface area contributed by atoms with Crippen LogP contribution in [0, 0.1) is 0 Å². The van der Waals surface area contributed by atoms with Crippen LogP contribution in [0.3, 0.4) is 0 Å². The second kappa shape index (κ2) is 8.07. The van der Waals surface area contributed by atoms with E-state index in [1.165, 1.54) is 11.8 Å². The van der Waals surface area contributed by atoms with Crippen molar-refractivity contribution >= 4 is 23.5 Å². The summed E-state index contributed by atoms with van der Waals surface area (Å²) in [6, 6.07) is 9.48. The first-order valence-corrected chi connectivity index (χ1v) is 8.07. The van der Waals surface area contributed by atoms with Crippen LogP contribution >= 0.6 is 11.8 Å². The van der Waals surface area contributed by atoms with E-state index in [2.05, 4.69) is 10.6 Å². The quantitative estimate of drug-likeness (QED) is 0.780. The van der Waals surface area contributed by atoms with Crippen LogP contribution in [0.4, 0.5) is 0 Å². The third kappa shape index (κ3) is 4.98. The van der Waals surface area contributed by atoms with Crippen LogP contribution in [0.15, 0.2) is 30.3 Å². The van der Waals surface area contributed by atoms with Crippen molar-refractivity contribution in [1.29, 1.82) is 0 Å². The number of thioether (sulfide) groups is 1. The molecular formula is C15H20N2O2S. The Hall–Kier alpha value is -1.33. The van der Waals surface area contributed by atoms with Crippen molar-refractivity contribution in [3.8, 4) is 0 Å². The standard InChI is InChI=1S/C15H20N2O2S/c18-14(12-4-2-1-3-5-12)10-20-11-15(19)17-13-6-8-16-9-7-13/h1-5,13,16H,6-11H2,(H,17,19). The van der Waals surface area contributed by atoms with Gasteiger partial charge in [0.2, 0.25) is 5.91 Å². The lowest BCUT2D eigenvalue weighted by Gasteiger charge is -2.23. The lowest BCUT2D eigenvalue weighted by molar-refractivity contribution is -0.119. The first-order chi connectivity index (χ1) is 9.75. The van der Waals surface area contributed by atoms with Crippen LogP contribution < -0.4 is 10.6 Å². The molecule has 1 heterocycles. The van der Waals surface area contributed by atoms with Gasteiger partial charge in [0.1, 0.15) is 0 Å². The highest BCUT2D eigenvalue weighted by atomic mass is 32.2. The molecule has 0 aromatic heterocycles. The Morgan fingerprint density at radius 3 is 2.55 bits per heavy atom. The van der Waals surface area contributed by atoms with E-state index in [4.69, 9.17) is 0 Å². The number of Topliss-reactive ketones (excluding diaryl/α,β-unsaturated/α-hetero) is 1. The SMILES string of the molecule is O=C(CSCC(=O)c1ccccc1)NC1CCNCC1. The van der Waals surface area contributed by atoms with E-state index in [-0.39, 0.29) is 17.7 Å². The van der Waals surface area contributed by atoms with Crippen LogP contribution in [0.5, 0.6) is 0 Å². The van der Waals surface area contributed by atoms with E-state index in [1.54, 1.807) is 12.1 Å². The Morgan fingerprint density at radius 2 is 1.85 bits per heavy atom. The number of carbonyl (C=O) groups excluding carboxylic acids is 2. The van der Waals surface area contributed by atoms with Crippen molar-refractivity contribution in [2.24, 2.45) is 0 Å². The summed E-state index contributed by atoms with van der Waals surface area (Å²) in [6.45, 7) is 1.93. The Kier molecular flexibility index (Phi) is 6.08. The molecule has 0 bridgehead atoms. The smallest absolute Gasteiger partial charge is 0.230 e. The Balaban J connectivity index is 1.65. The van der Waals surface area contributed by atoms with Gasteiger partial charge in [-0.2, -0.15) is 0 Å². The van der Waals surface area contributed by atoms with E-state index in [9.17, 15) is 9.59 Å². The van der Waals surface area contributed by atoms with Crippen molar-refractivity contribution in [3.05, 3.63) is 35.9 Å². The van der Waals surface area contributed by atoms with Gasteiger partial charge in [0, 0.05) is 11.6 Å². The molecule has 1 aromatic rings. The highest BCUT2D eigenvalue weighted by molar-refractivity contribution is 8.00. The summed E-state index contributed by atoms with van der Waals surface area (Å²) in [5, 5.41) is 6.28. The summed E-state index contributed by atoms with van der Waals surface area (Å²) in [5.41, 5.74) is 0.707. The molecular weight excluding hydrogens is 272 g/mol. The second-order valence-corrected chi connectivity index (χ2v) is 5.86. The van der Waals surface area contributed by atoms with Gasteiger partial charge in [0.25, 0.3) is 0 Å². The van der Waals surface area contributed by atoms with Gasteiger partial charge < -0.3 is 10.6 Å². The lowest BCUT2D eigenvalue weighted by Crippen LogP contribution is -2.43. The summed E-state index contributed by atoms with van der Waals surface area (Å²) in [6.07, 6.45) is 1.97. The number of hydrogen-bond acceptors (Lipinski definition) is 4. The van der Waals surface area contributed by atoms with Crippen molar-refractivity contribution < 1.29 is 9.59 Å². The zero-order valence-electron chi connectivity index (χ0n) is 11.4. The molecule has 108 valence electrons. The van der Waals surface area contributed by atoms with E-state index >= 15 is 0 Å². The number of piperidine rings is 1. The van der Waals surface area contributed by atoms with Crippen molar-refractivity contribution in [2.75, 3.05) is 24.6 Å². The van der Waals surface area contributed by atoms with E-state index < -0.39 is 0 Å². The Morgan fingerprint density at radius 1 is 1.15 bits per heavy atom. The molecule has 0 spiro atoms. The van der Waals surface area contributed by atoms with Gasteiger partial charge in [0.05, 0.1) is 11.5 Å². The van der Waals surface area contributed by atoms with E-state index in [0.29, 0.717) is 17.1 Å². The average Bonchev–Trinajstić information content (AvgIpc) is 2.49. The summed E-state index contributed by atoms with van der Waals surface area (Å²) in [5.74, 6) is 0.805. The molecule has 5 heteroatoms. The lowest BCUT2D eigenvalue weighted by atomic mass is 10.1. The topological polar surface area (TPSA) is 58.2 Å². The van der Waals surface area contributed by atoms with Crippen molar-refractivity contribution in [3.63, 3.8) is 0 Å². The molecule has 1 aromatic carbocycles. The van der Waals surface area contributed by atoms with Crippen molar-refractivity contribution in [2.45, 2.75) is 18.9 Å². The summed E-state index contributed by atoms with van der Waals surface area (Å²) in [4.78, 5) is 23.6. The number of hydrogen-bond donors (Lipinski definition) is 2. The minimum Gasteiger partial charge on any atom is -0.353 e. The predicted molar refractivity (Wildman–Crippen MR) is 82.1 cm³/mol. The Labute approximate surface area is 123 Å². The number of amides is 1. The predicted octanol–water partition coefficient (Wildman–Crippen LogP) is 1.47. The summed E-state index contributed by atoms with van der Waals surface area (Å²) >= 11 is 1.38. The average molecular weight is 292 g/mol. The number of nitrogens with one attached hydrogen (secondary N) is 2. The van der Waals surface area contributed by atoms with Crippen LogP contribution in [0.25, 0.3) is 0 Å². The first kappa shape index (κ1) is 15.1. The molecule has 2 N–H and O–H groups in total. The van der Waals surface area contributed by atoms with Crippen LogP contribution in [0.1, 0.15) is 23.2 Å². The molecule has 1 aliphatic rings. The second-order valence-electron chi connectivity index (χ2n) is 4.87. The van der Waals surface area contributed by atoms with Gasteiger partial charge >= 0.3 is 0 Å². The normalized spacial score (nSPS) is 15.8. The van der Waals surface area contributed by atoms with Gasteiger partial charge in [-0.1, -0.05) is 30.3 Å². The molecule has 0 radical (unpaired) electrons. The first-order valence-electron chi connectivity index (χ1n) is 6.92. The molecule has 0 saturated carbocycles. The molecule has 0 unspecified atom stereocenters. The Bertz CT molecular complexity index is 444. The molecule has 0 atom stereocenters. The van der Waals surface area contributed by atoms with Crippen LogP contribution in [0.2, 0.25) is 0 Å². The maximum Gasteiger partial charge on any atom is 0.230 e. The molecule has 1 fully saturated rings. The van der Waals surface area contributed by atoms with E-state index in [0.717, 1.165) is 25.9 Å². The van der Waals surface area contributed by atoms with Gasteiger partial charge in [-0.05, 0) is 25.9 Å². The zero-order chi connectivity index (χ0) is 14.2. The largest absolute Gasteiger partial charge is 0.353 e. The van der Waals surface area contributed by atoms with Gasteiger partial charge in [0.15, 0.2) is 5.78 Å². The zero-order valence-corrected chi connectivity index (χ0v) is 12.2. The minimum atomic E-state index is 0.0303. The van der Waals surface area contributed by atoms with Crippen LogP contribution in [-0.4, -0.2) is 42.3 Å². The molecule has 0 aliphatic carbocycles. The summed E-state index contributed by atoms with van der Waals surface area (Å²) < 4.78 is 0. The monoisotopic (exact) mass is 292 g/mol. The highest BCUT2D eigenvalue weighted by Crippen LogP contribution is 2.08. The van der Waals surface area contributed by atoms with Crippen LogP contribution in [-0.2, 0) is 4.79 Å². The number of rotatable bonds is 6. The fraction of sp³-hybridized carbons (Fsp3) is 0.467. The molecule has 20 heavy (non-hydrogen) atoms. The third-order valence-corrected chi connectivity index (χ3v) is 4.20. The highest BCUT2D eigenvalue weighted by Gasteiger charge is 2.15. The fourth-order valence-electron chi connectivity index (χ4n) is 2.18. The number of benzene rings is 1. The third-order valence-electron chi connectivity index (χ3n) is 3.27. The maximum atomic E-state index is 11.9. The van der Waals surface area contributed by atoms with E-state index in [1.807, 2.05) is 18.2 Å². The summed E-state index contributed by atoms with van der Waals surface area (Å²) in [7, 11) is 0. The number of carbonyl (C=O) groups is 2. The number of ketones is 1. The molecule has 1 amide bonds. The minimum absolute atomic E-state index is 0.0303. The molecule has 4 nitrogen and oxygen atoms in total. The van der Waals surface area contributed by atoms with Gasteiger partial charge in [-0.15, -0.1) is 11.8 Å². The van der Waals surface area contributed by atoms with Gasteiger partial charge in [-0.25, -0.2) is 0 Å². The molecule has 1 aliphatic heterocycles. The molecule has 2 rings (SSSR count).